The summed E-state index contributed by atoms with van der Waals surface area (Å²) in [5.74, 6) is -1.09. The summed E-state index contributed by atoms with van der Waals surface area (Å²) >= 11 is 0. The summed E-state index contributed by atoms with van der Waals surface area (Å²) in [5, 5.41) is 11.7. The molecule has 0 spiro atoms. The van der Waals surface area contributed by atoms with Crippen molar-refractivity contribution < 1.29 is 14.7 Å². The van der Waals surface area contributed by atoms with Crippen LogP contribution in [0.5, 0.6) is 0 Å². The fourth-order valence-electron chi connectivity index (χ4n) is 2.40. The monoisotopic (exact) mass is 256 g/mol. The third-order valence-electron chi connectivity index (χ3n) is 3.51. The number of carbonyl (C=O) groups is 2. The fourth-order valence-corrected chi connectivity index (χ4v) is 2.40. The first-order valence-corrected chi connectivity index (χ1v) is 6.68. The zero-order valence-corrected chi connectivity index (χ0v) is 11.2. The molecule has 0 bridgehead atoms. The molecule has 0 saturated heterocycles. The van der Waals surface area contributed by atoms with Gasteiger partial charge in [0.25, 0.3) is 0 Å². The van der Waals surface area contributed by atoms with Gasteiger partial charge in [0.1, 0.15) is 6.04 Å². The average Bonchev–Trinajstić information content (AvgIpc) is 2.28. The maximum absolute atomic E-state index is 12.1. The van der Waals surface area contributed by atoms with Crippen molar-refractivity contribution in [2.24, 2.45) is 11.7 Å². The van der Waals surface area contributed by atoms with Gasteiger partial charge in [-0.25, -0.2) is 4.79 Å². The van der Waals surface area contributed by atoms with Crippen LogP contribution in [0.15, 0.2) is 0 Å². The molecule has 0 aliphatic heterocycles. The molecule has 0 aromatic heterocycles. The Morgan fingerprint density at radius 3 is 2.28 bits per heavy atom. The van der Waals surface area contributed by atoms with E-state index >= 15 is 0 Å². The summed E-state index contributed by atoms with van der Waals surface area (Å²) in [6, 6.07) is -0.833. The fraction of sp³-hybridized carbons (Fsp3) is 0.846. The number of carbonyl (C=O) groups excluding carboxylic acids is 1. The van der Waals surface area contributed by atoms with E-state index in [4.69, 9.17) is 10.8 Å². The van der Waals surface area contributed by atoms with Gasteiger partial charge in [0, 0.05) is 0 Å². The summed E-state index contributed by atoms with van der Waals surface area (Å²) < 4.78 is 0. The lowest BCUT2D eigenvalue weighted by molar-refractivity contribution is -0.143. The van der Waals surface area contributed by atoms with Crippen LogP contribution < -0.4 is 11.1 Å². The number of nitrogens with one attached hydrogen (secondary N) is 1. The van der Waals surface area contributed by atoms with Gasteiger partial charge >= 0.3 is 5.97 Å². The van der Waals surface area contributed by atoms with Gasteiger partial charge < -0.3 is 16.2 Å². The molecule has 1 aliphatic rings. The molecule has 104 valence electrons. The molecule has 1 saturated carbocycles. The Labute approximate surface area is 108 Å². The van der Waals surface area contributed by atoms with Gasteiger partial charge in [0.2, 0.25) is 5.91 Å². The molecule has 1 atom stereocenters. The van der Waals surface area contributed by atoms with E-state index in [0.29, 0.717) is 19.3 Å². The Bertz CT molecular complexity index is 309. The lowest BCUT2D eigenvalue weighted by Crippen LogP contribution is -2.58. The van der Waals surface area contributed by atoms with Crippen molar-refractivity contribution in [3.05, 3.63) is 0 Å². The first-order valence-electron chi connectivity index (χ1n) is 6.68. The minimum absolute atomic E-state index is 0.214. The Hall–Kier alpha value is -1.10. The second-order valence-corrected chi connectivity index (χ2v) is 5.71. The van der Waals surface area contributed by atoms with Gasteiger partial charge in [-0.15, -0.1) is 0 Å². The van der Waals surface area contributed by atoms with Crippen molar-refractivity contribution in [3.63, 3.8) is 0 Å². The van der Waals surface area contributed by atoms with E-state index in [-0.39, 0.29) is 11.8 Å². The zero-order valence-electron chi connectivity index (χ0n) is 11.2. The highest BCUT2D eigenvalue weighted by atomic mass is 16.4. The minimum atomic E-state index is -0.989. The smallest absolute Gasteiger partial charge is 0.326 e. The number of hydrogen-bond donors (Lipinski definition) is 3. The highest BCUT2D eigenvalue weighted by Crippen LogP contribution is 2.26. The number of amides is 1. The van der Waals surface area contributed by atoms with Crippen molar-refractivity contribution in [1.82, 2.24) is 5.32 Å². The first-order chi connectivity index (χ1) is 8.35. The van der Waals surface area contributed by atoms with E-state index in [1.807, 2.05) is 13.8 Å². The number of carboxylic acid groups (broad SMARTS) is 1. The van der Waals surface area contributed by atoms with E-state index in [9.17, 15) is 9.59 Å². The SMILES string of the molecule is CC(C)C[C@H](NC(=O)C1(N)CCCCC1)C(=O)O. The summed E-state index contributed by atoms with van der Waals surface area (Å²) in [7, 11) is 0. The molecule has 5 heteroatoms. The van der Waals surface area contributed by atoms with Crippen molar-refractivity contribution in [1.29, 1.82) is 0 Å². The number of aliphatic carboxylic acids is 1. The number of hydrogen-bond acceptors (Lipinski definition) is 3. The standard InChI is InChI=1S/C13H24N2O3/c1-9(2)8-10(11(16)17)15-12(18)13(14)6-4-3-5-7-13/h9-10H,3-8,14H2,1-2H3,(H,15,18)(H,16,17)/t10-/m0/s1. The van der Waals surface area contributed by atoms with E-state index in [2.05, 4.69) is 5.32 Å². The van der Waals surface area contributed by atoms with Crippen molar-refractivity contribution in [2.45, 2.75) is 64.0 Å². The van der Waals surface area contributed by atoms with E-state index < -0.39 is 17.6 Å². The van der Waals surface area contributed by atoms with Crippen LogP contribution in [0.4, 0.5) is 0 Å². The Morgan fingerprint density at radius 2 is 1.83 bits per heavy atom. The van der Waals surface area contributed by atoms with Crippen molar-refractivity contribution in [2.75, 3.05) is 0 Å². The topological polar surface area (TPSA) is 92.4 Å². The normalized spacial score (nSPS) is 20.4. The maximum atomic E-state index is 12.1. The number of rotatable bonds is 5. The highest BCUT2D eigenvalue weighted by molar-refractivity contribution is 5.90. The van der Waals surface area contributed by atoms with E-state index in [0.717, 1.165) is 19.3 Å². The molecule has 1 amide bonds. The molecule has 0 radical (unpaired) electrons. The molecule has 0 heterocycles. The van der Waals surface area contributed by atoms with E-state index in [1.54, 1.807) is 0 Å². The molecular weight excluding hydrogens is 232 g/mol. The van der Waals surface area contributed by atoms with Gasteiger partial charge in [-0.2, -0.15) is 0 Å². The lowest BCUT2D eigenvalue weighted by Gasteiger charge is -2.33. The summed E-state index contributed by atoms with van der Waals surface area (Å²) in [5.41, 5.74) is 5.20. The van der Waals surface area contributed by atoms with Crippen molar-refractivity contribution in [3.8, 4) is 0 Å². The molecule has 0 aromatic carbocycles. The van der Waals surface area contributed by atoms with Crippen LogP contribution in [0, 0.1) is 5.92 Å². The van der Waals surface area contributed by atoms with Gasteiger partial charge in [0.05, 0.1) is 5.54 Å². The number of carboxylic acids is 1. The van der Waals surface area contributed by atoms with Gasteiger partial charge in [0.15, 0.2) is 0 Å². The molecule has 4 N–H and O–H groups in total. The molecular formula is C13H24N2O3. The summed E-state index contributed by atoms with van der Waals surface area (Å²) in [4.78, 5) is 23.2. The van der Waals surface area contributed by atoms with Gasteiger partial charge in [-0.3, -0.25) is 4.79 Å². The van der Waals surface area contributed by atoms with Crippen molar-refractivity contribution >= 4 is 11.9 Å². The van der Waals surface area contributed by atoms with Gasteiger partial charge in [-0.1, -0.05) is 33.1 Å². The van der Waals surface area contributed by atoms with Crippen LogP contribution in [0.3, 0.4) is 0 Å². The Balaban J connectivity index is 2.62. The second-order valence-electron chi connectivity index (χ2n) is 5.71. The van der Waals surface area contributed by atoms with Crippen LogP contribution >= 0.6 is 0 Å². The molecule has 0 unspecified atom stereocenters. The number of nitrogens with two attached hydrogens (primary N) is 1. The predicted molar refractivity (Wildman–Crippen MR) is 69.0 cm³/mol. The van der Waals surface area contributed by atoms with Crippen LogP contribution in [0.2, 0.25) is 0 Å². The van der Waals surface area contributed by atoms with E-state index in [1.165, 1.54) is 0 Å². The Morgan fingerprint density at radius 1 is 1.28 bits per heavy atom. The Kier molecular flexibility index (Phi) is 5.14. The van der Waals surface area contributed by atoms with Gasteiger partial charge in [-0.05, 0) is 25.2 Å². The zero-order chi connectivity index (χ0) is 13.8. The molecule has 5 nitrogen and oxygen atoms in total. The van der Waals surface area contributed by atoms with Crippen LogP contribution in [0.25, 0.3) is 0 Å². The first kappa shape index (κ1) is 15.0. The quantitative estimate of drug-likeness (QED) is 0.690. The molecule has 0 aromatic rings. The third-order valence-corrected chi connectivity index (χ3v) is 3.51. The third kappa shape index (κ3) is 3.98. The molecule has 1 fully saturated rings. The average molecular weight is 256 g/mol. The largest absolute Gasteiger partial charge is 0.480 e. The summed E-state index contributed by atoms with van der Waals surface area (Å²) in [6.45, 7) is 3.86. The lowest BCUT2D eigenvalue weighted by atomic mass is 9.81. The molecule has 1 rings (SSSR count). The molecule has 18 heavy (non-hydrogen) atoms. The second kappa shape index (κ2) is 6.18. The maximum Gasteiger partial charge on any atom is 0.326 e. The molecule has 1 aliphatic carbocycles. The van der Waals surface area contributed by atoms with Crippen LogP contribution in [-0.4, -0.2) is 28.6 Å². The highest BCUT2D eigenvalue weighted by Gasteiger charge is 2.37. The van der Waals surface area contributed by atoms with Crippen LogP contribution in [0.1, 0.15) is 52.4 Å². The van der Waals surface area contributed by atoms with Crippen LogP contribution in [-0.2, 0) is 9.59 Å². The predicted octanol–water partition coefficient (Wildman–Crippen LogP) is 1.26. The summed E-state index contributed by atoms with van der Waals surface area (Å²) in [6.07, 6.45) is 4.69. The minimum Gasteiger partial charge on any atom is -0.480 e.